The van der Waals surface area contributed by atoms with Gasteiger partial charge in [0, 0.05) is 6.04 Å². The average Bonchev–Trinajstić information content (AvgIpc) is 2.89. The van der Waals surface area contributed by atoms with Crippen molar-refractivity contribution in [3.8, 4) is 5.75 Å². The first-order valence-electron chi connectivity index (χ1n) is 7.48. The molecule has 0 saturated carbocycles. The highest BCUT2D eigenvalue weighted by atomic mass is 32.1. The van der Waals surface area contributed by atoms with Crippen molar-refractivity contribution in [3.63, 3.8) is 0 Å². The molecule has 114 valence electrons. The molecule has 0 amide bonds. The monoisotopic (exact) mass is 303 g/mol. The Morgan fingerprint density at radius 2 is 1.86 bits per heavy atom. The van der Waals surface area contributed by atoms with Gasteiger partial charge in [-0.25, -0.2) is 0 Å². The summed E-state index contributed by atoms with van der Waals surface area (Å²) in [4.78, 5) is 1.29. The Bertz CT molecular complexity index is 580. The molecule has 1 heterocycles. The maximum Gasteiger partial charge on any atom is 0.134 e. The van der Waals surface area contributed by atoms with Crippen LogP contribution in [0.4, 0.5) is 0 Å². The summed E-state index contributed by atoms with van der Waals surface area (Å²) in [5, 5.41) is 5.71. The Morgan fingerprint density at radius 1 is 1.19 bits per heavy atom. The lowest BCUT2D eigenvalue weighted by molar-refractivity contribution is 0.403. The van der Waals surface area contributed by atoms with Gasteiger partial charge in [-0.3, -0.25) is 0 Å². The van der Waals surface area contributed by atoms with Crippen LogP contribution in [-0.2, 0) is 6.42 Å². The summed E-state index contributed by atoms with van der Waals surface area (Å²) < 4.78 is 5.50. The molecule has 1 aromatic heterocycles. The van der Waals surface area contributed by atoms with Gasteiger partial charge in [0.1, 0.15) is 5.75 Å². The van der Waals surface area contributed by atoms with Crippen molar-refractivity contribution >= 4 is 11.3 Å². The van der Waals surface area contributed by atoms with E-state index in [0.29, 0.717) is 6.04 Å². The van der Waals surface area contributed by atoms with Gasteiger partial charge in [0.2, 0.25) is 0 Å². The molecule has 1 atom stereocenters. The van der Waals surface area contributed by atoms with Gasteiger partial charge in [-0.05, 0) is 61.9 Å². The lowest BCUT2D eigenvalue weighted by atomic mass is 9.93. The smallest absolute Gasteiger partial charge is 0.134 e. The van der Waals surface area contributed by atoms with Gasteiger partial charge >= 0.3 is 0 Å². The van der Waals surface area contributed by atoms with E-state index >= 15 is 0 Å². The fraction of sp³-hybridized carbons (Fsp3) is 0.444. The van der Waals surface area contributed by atoms with E-state index in [1.165, 1.54) is 27.1 Å². The normalized spacial score (nSPS) is 12.4. The fourth-order valence-electron chi connectivity index (χ4n) is 2.97. The van der Waals surface area contributed by atoms with Crippen molar-refractivity contribution in [2.24, 2.45) is 0 Å². The van der Waals surface area contributed by atoms with Gasteiger partial charge in [0.25, 0.3) is 0 Å². The van der Waals surface area contributed by atoms with Crippen LogP contribution in [0, 0.1) is 20.8 Å². The summed E-state index contributed by atoms with van der Waals surface area (Å²) in [5.74, 6) is 0.994. The van der Waals surface area contributed by atoms with E-state index in [0.717, 1.165) is 18.7 Å². The molecule has 0 bridgehead atoms. The molecule has 0 spiro atoms. The predicted octanol–water partition coefficient (Wildman–Crippen LogP) is 4.58. The summed E-state index contributed by atoms with van der Waals surface area (Å²) in [6, 6.07) is 6.91. The Labute approximate surface area is 132 Å². The van der Waals surface area contributed by atoms with Crippen LogP contribution in [0.3, 0.4) is 0 Å². The summed E-state index contributed by atoms with van der Waals surface area (Å²) in [6.07, 6.45) is 1.00. The molecule has 2 rings (SSSR count). The van der Waals surface area contributed by atoms with Crippen LogP contribution in [0.1, 0.15) is 40.1 Å². The number of aryl methyl sites for hydroxylation is 3. The molecule has 0 radical (unpaired) electrons. The number of methoxy groups -OCH3 is 1. The van der Waals surface area contributed by atoms with E-state index in [4.69, 9.17) is 4.74 Å². The molecule has 0 aliphatic heterocycles. The Balaban J connectivity index is 2.33. The van der Waals surface area contributed by atoms with Crippen molar-refractivity contribution in [2.75, 3.05) is 13.7 Å². The first-order chi connectivity index (χ1) is 10.1. The van der Waals surface area contributed by atoms with Crippen LogP contribution in [0.25, 0.3) is 0 Å². The fourth-order valence-corrected chi connectivity index (χ4v) is 3.91. The minimum Gasteiger partial charge on any atom is -0.496 e. The molecule has 0 saturated heterocycles. The highest BCUT2D eigenvalue weighted by Gasteiger charge is 2.19. The molecule has 3 heteroatoms. The molecule has 1 unspecified atom stereocenters. The Hall–Kier alpha value is -1.32. The van der Waals surface area contributed by atoms with Crippen molar-refractivity contribution in [2.45, 2.75) is 40.2 Å². The second kappa shape index (κ2) is 7.10. The number of nitrogens with one attached hydrogen (secondary N) is 1. The second-order valence-electron chi connectivity index (χ2n) is 5.54. The SMILES string of the molecule is CCNC(Cc1c(C)cc(C)cc1C)c1sccc1OC. The molecule has 2 nitrogen and oxygen atoms in total. The lowest BCUT2D eigenvalue weighted by Gasteiger charge is -2.21. The maximum absolute atomic E-state index is 5.50. The molecular formula is C18H25NOS. The number of likely N-dealkylation sites (N-methyl/N-ethyl adjacent to an activating group) is 1. The summed E-state index contributed by atoms with van der Waals surface area (Å²) in [5.41, 5.74) is 5.54. The number of hydrogen-bond donors (Lipinski definition) is 1. The first kappa shape index (κ1) is 16.1. The van der Waals surface area contributed by atoms with Crippen molar-refractivity contribution in [1.82, 2.24) is 5.32 Å². The molecule has 1 aromatic carbocycles. The van der Waals surface area contributed by atoms with Crippen molar-refractivity contribution in [3.05, 3.63) is 50.7 Å². The summed E-state index contributed by atoms with van der Waals surface area (Å²) in [7, 11) is 1.75. The van der Waals surface area contributed by atoms with Crippen LogP contribution >= 0.6 is 11.3 Å². The number of rotatable bonds is 6. The van der Waals surface area contributed by atoms with Crippen LogP contribution in [0.5, 0.6) is 5.75 Å². The first-order valence-corrected chi connectivity index (χ1v) is 8.36. The van der Waals surface area contributed by atoms with Gasteiger partial charge in [-0.1, -0.05) is 24.6 Å². The zero-order valence-corrected chi connectivity index (χ0v) is 14.4. The molecule has 1 N–H and O–H groups in total. The molecular weight excluding hydrogens is 278 g/mol. The third-order valence-electron chi connectivity index (χ3n) is 3.89. The molecule has 21 heavy (non-hydrogen) atoms. The zero-order chi connectivity index (χ0) is 15.4. The maximum atomic E-state index is 5.50. The topological polar surface area (TPSA) is 21.3 Å². The lowest BCUT2D eigenvalue weighted by Crippen LogP contribution is -2.23. The number of benzene rings is 1. The van der Waals surface area contributed by atoms with Crippen molar-refractivity contribution < 1.29 is 4.74 Å². The van der Waals surface area contributed by atoms with E-state index in [9.17, 15) is 0 Å². The van der Waals surface area contributed by atoms with Gasteiger partial charge in [0.05, 0.1) is 12.0 Å². The third kappa shape index (κ3) is 3.66. The summed E-state index contributed by atoms with van der Waals surface area (Å²) >= 11 is 1.77. The highest BCUT2D eigenvalue weighted by molar-refractivity contribution is 7.10. The van der Waals surface area contributed by atoms with Crippen molar-refractivity contribution in [1.29, 1.82) is 0 Å². The molecule has 0 aliphatic carbocycles. The van der Waals surface area contributed by atoms with E-state index in [2.05, 4.69) is 56.6 Å². The molecule has 0 aliphatic rings. The van der Waals surface area contributed by atoms with Crippen LogP contribution < -0.4 is 10.1 Å². The van der Waals surface area contributed by atoms with E-state index in [1.807, 2.05) is 0 Å². The van der Waals surface area contributed by atoms with Gasteiger partial charge in [-0.15, -0.1) is 11.3 Å². The third-order valence-corrected chi connectivity index (χ3v) is 4.90. The average molecular weight is 303 g/mol. The Morgan fingerprint density at radius 3 is 2.43 bits per heavy atom. The Kier molecular flexibility index (Phi) is 5.43. The number of ether oxygens (including phenoxy) is 1. The zero-order valence-electron chi connectivity index (χ0n) is 13.6. The second-order valence-corrected chi connectivity index (χ2v) is 6.49. The number of hydrogen-bond acceptors (Lipinski definition) is 3. The van der Waals surface area contributed by atoms with Crippen LogP contribution in [0.2, 0.25) is 0 Å². The quantitative estimate of drug-likeness (QED) is 0.843. The highest BCUT2D eigenvalue weighted by Crippen LogP contribution is 2.34. The van der Waals surface area contributed by atoms with Gasteiger partial charge in [-0.2, -0.15) is 0 Å². The van der Waals surface area contributed by atoms with Gasteiger partial charge in [0.15, 0.2) is 0 Å². The number of thiophene rings is 1. The molecule has 2 aromatic rings. The standard InChI is InChI=1S/C18H25NOS/c1-6-19-16(18-17(20-5)7-8-21-18)11-15-13(3)9-12(2)10-14(15)4/h7-10,16,19H,6,11H2,1-5H3. The minimum absolute atomic E-state index is 0.310. The van der Waals surface area contributed by atoms with E-state index < -0.39 is 0 Å². The minimum atomic E-state index is 0.310. The van der Waals surface area contributed by atoms with Crippen LogP contribution in [-0.4, -0.2) is 13.7 Å². The van der Waals surface area contributed by atoms with E-state index in [-0.39, 0.29) is 0 Å². The molecule has 0 fully saturated rings. The summed E-state index contributed by atoms with van der Waals surface area (Å²) in [6.45, 7) is 9.69. The van der Waals surface area contributed by atoms with Crippen LogP contribution in [0.15, 0.2) is 23.6 Å². The van der Waals surface area contributed by atoms with Gasteiger partial charge < -0.3 is 10.1 Å². The van der Waals surface area contributed by atoms with E-state index in [1.54, 1.807) is 18.4 Å². The largest absolute Gasteiger partial charge is 0.496 e. The predicted molar refractivity (Wildman–Crippen MR) is 91.6 cm³/mol.